The van der Waals surface area contributed by atoms with Crippen LogP contribution in [0.4, 0.5) is 9.18 Å². The average Bonchev–Trinajstić information content (AvgIpc) is 3.52. The number of hydrogen-bond acceptors (Lipinski definition) is 6. The number of carbonyl (C=O) groups excluding carboxylic acids is 1. The monoisotopic (exact) mass is 469 g/mol. The van der Waals surface area contributed by atoms with E-state index in [1.54, 1.807) is 17.0 Å². The number of aromatic amines is 1. The first-order valence-electron chi connectivity index (χ1n) is 12.0. The Morgan fingerprint density at radius 2 is 2.18 bits per heavy atom. The number of aryl methyl sites for hydroxylation is 1. The highest BCUT2D eigenvalue weighted by Gasteiger charge is 2.48. The zero-order valence-corrected chi connectivity index (χ0v) is 19.6. The molecule has 2 fully saturated rings. The number of hydrogen-bond donors (Lipinski definition) is 4. The molecule has 5 rings (SSSR count). The van der Waals surface area contributed by atoms with E-state index in [1.165, 1.54) is 7.11 Å². The van der Waals surface area contributed by atoms with E-state index < -0.39 is 6.17 Å². The summed E-state index contributed by atoms with van der Waals surface area (Å²) in [4.78, 5) is 21.4. The summed E-state index contributed by atoms with van der Waals surface area (Å²) < 4.78 is 20.6. The number of fused-ring (bicyclic) bond motifs is 1. The predicted molar refractivity (Wildman–Crippen MR) is 126 cm³/mol. The Bertz CT molecular complexity index is 1090. The van der Waals surface area contributed by atoms with Crippen LogP contribution in [0.5, 0.6) is 5.75 Å². The first kappa shape index (κ1) is 22.9. The molecule has 182 valence electrons. The molecule has 5 atom stereocenters. The number of benzene rings is 1. The smallest absolute Gasteiger partial charge is 0.409 e. The lowest BCUT2D eigenvalue weighted by atomic mass is 9.71. The number of nitrogens with zero attached hydrogens (tertiary/aromatic N) is 2. The molecule has 1 saturated heterocycles. The third-order valence-electron chi connectivity index (χ3n) is 7.62. The van der Waals surface area contributed by atoms with Gasteiger partial charge in [-0.15, -0.1) is 0 Å². The summed E-state index contributed by atoms with van der Waals surface area (Å²) in [5.74, 6) is 0.922. The highest BCUT2D eigenvalue weighted by Crippen LogP contribution is 2.45. The Labute approximate surface area is 198 Å². The molecule has 1 amide bonds. The summed E-state index contributed by atoms with van der Waals surface area (Å²) in [6.45, 7) is 3.14. The maximum absolute atomic E-state index is 15.8. The molecule has 5 unspecified atom stereocenters. The number of carbonyl (C=O) groups is 1. The fourth-order valence-electron chi connectivity index (χ4n) is 5.78. The highest BCUT2D eigenvalue weighted by molar-refractivity contribution is 5.71. The molecule has 0 spiro atoms. The van der Waals surface area contributed by atoms with Crippen molar-refractivity contribution >= 4 is 11.7 Å². The lowest BCUT2D eigenvalue weighted by Gasteiger charge is -2.36. The van der Waals surface area contributed by atoms with Gasteiger partial charge < -0.3 is 19.7 Å². The minimum Gasteiger partial charge on any atom is -0.508 e. The molecular weight excluding hydrogens is 437 g/mol. The van der Waals surface area contributed by atoms with E-state index in [1.807, 2.05) is 25.3 Å². The second kappa shape index (κ2) is 9.38. The maximum atomic E-state index is 15.8. The molecule has 34 heavy (non-hydrogen) atoms. The third-order valence-corrected chi connectivity index (χ3v) is 7.62. The van der Waals surface area contributed by atoms with Crippen LogP contribution < -0.4 is 10.9 Å². The normalized spacial score (nSPS) is 29.0. The van der Waals surface area contributed by atoms with Gasteiger partial charge in [0.15, 0.2) is 0 Å². The second-order valence-corrected chi connectivity index (χ2v) is 9.40. The summed E-state index contributed by atoms with van der Waals surface area (Å²) >= 11 is 0. The molecule has 3 aliphatic rings. The van der Waals surface area contributed by atoms with E-state index in [4.69, 9.17) is 4.74 Å². The highest BCUT2D eigenvalue weighted by atomic mass is 19.1. The molecule has 0 bridgehead atoms. The van der Waals surface area contributed by atoms with Gasteiger partial charge in [-0.3, -0.25) is 5.43 Å². The molecule has 2 aromatic rings. The number of aromatic hydroxyl groups is 1. The lowest BCUT2D eigenvalue weighted by molar-refractivity contribution is 0.128. The van der Waals surface area contributed by atoms with Gasteiger partial charge in [-0.05, 0) is 54.5 Å². The Balaban J connectivity index is 1.29. The predicted octanol–water partition coefficient (Wildman–Crippen LogP) is 3.58. The van der Waals surface area contributed by atoms with E-state index in [9.17, 15) is 9.90 Å². The molecule has 1 aliphatic carbocycles. The SMILES string of the molecule is CCc1cc(O)ccc1C1CCC2C(c3ncc(C4=CCN(C(=O)OC)CC4)[nH]3)NNC2C1F. The Morgan fingerprint density at radius 3 is 2.91 bits per heavy atom. The molecule has 4 N–H and O–H groups in total. The van der Waals surface area contributed by atoms with Crippen LogP contribution in [-0.4, -0.2) is 58.5 Å². The van der Waals surface area contributed by atoms with Crippen LogP contribution in [0.3, 0.4) is 0 Å². The molecule has 9 heteroatoms. The van der Waals surface area contributed by atoms with Crippen molar-refractivity contribution < 1.29 is 19.0 Å². The molecular formula is C25H32FN5O3. The minimum absolute atomic E-state index is 0.0857. The van der Waals surface area contributed by atoms with Crippen molar-refractivity contribution in [1.29, 1.82) is 0 Å². The maximum Gasteiger partial charge on any atom is 0.409 e. The van der Waals surface area contributed by atoms with Gasteiger partial charge in [0.1, 0.15) is 17.7 Å². The van der Waals surface area contributed by atoms with Crippen molar-refractivity contribution in [2.45, 2.75) is 56.8 Å². The average molecular weight is 470 g/mol. The van der Waals surface area contributed by atoms with Gasteiger partial charge in [0, 0.05) is 24.9 Å². The number of amides is 1. The summed E-state index contributed by atoms with van der Waals surface area (Å²) in [6.07, 6.45) is 5.60. The number of alkyl halides is 1. The fraction of sp³-hybridized carbons (Fsp3) is 0.520. The van der Waals surface area contributed by atoms with Crippen molar-refractivity contribution in [3.05, 3.63) is 53.1 Å². The molecule has 1 aromatic heterocycles. The number of H-pyrrole nitrogens is 1. The molecule has 3 heterocycles. The number of imidazole rings is 1. The number of halogens is 1. The second-order valence-electron chi connectivity index (χ2n) is 9.40. The topological polar surface area (TPSA) is 103 Å². The van der Waals surface area contributed by atoms with Crippen LogP contribution >= 0.6 is 0 Å². The van der Waals surface area contributed by atoms with Crippen LogP contribution in [-0.2, 0) is 11.2 Å². The summed E-state index contributed by atoms with van der Waals surface area (Å²) in [5.41, 5.74) is 10.6. The van der Waals surface area contributed by atoms with Crippen LogP contribution in [0.25, 0.3) is 5.57 Å². The van der Waals surface area contributed by atoms with Crippen molar-refractivity contribution in [3.8, 4) is 5.75 Å². The lowest BCUT2D eigenvalue weighted by Crippen LogP contribution is -2.45. The number of rotatable bonds is 4. The van der Waals surface area contributed by atoms with Crippen molar-refractivity contribution in [3.63, 3.8) is 0 Å². The fourth-order valence-corrected chi connectivity index (χ4v) is 5.78. The molecule has 2 aliphatic heterocycles. The van der Waals surface area contributed by atoms with E-state index in [2.05, 4.69) is 20.8 Å². The van der Waals surface area contributed by atoms with Gasteiger partial charge in [0.25, 0.3) is 0 Å². The van der Waals surface area contributed by atoms with Crippen molar-refractivity contribution in [2.24, 2.45) is 5.92 Å². The van der Waals surface area contributed by atoms with Gasteiger partial charge in [-0.25, -0.2) is 19.6 Å². The largest absolute Gasteiger partial charge is 0.508 e. The van der Waals surface area contributed by atoms with Crippen molar-refractivity contribution in [2.75, 3.05) is 20.2 Å². The summed E-state index contributed by atoms with van der Waals surface area (Å²) in [5, 5.41) is 9.84. The first-order chi connectivity index (χ1) is 16.5. The molecule has 8 nitrogen and oxygen atoms in total. The van der Waals surface area contributed by atoms with E-state index in [0.717, 1.165) is 53.9 Å². The Morgan fingerprint density at radius 1 is 1.32 bits per heavy atom. The Hall–Kier alpha value is -2.91. The Kier molecular flexibility index (Phi) is 6.31. The number of hydrazine groups is 1. The number of ether oxygens (including phenoxy) is 1. The molecule has 0 radical (unpaired) electrons. The number of nitrogens with one attached hydrogen (secondary N) is 3. The zero-order chi connectivity index (χ0) is 23.8. The van der Waals surface area contributed by atoms with E-state index >= 15 is 4.39 Å². The van der Waals surface area contributed by atoms with Crippen LogP contribution in [0.2, 0.25) is 0 Å². The number of aromatic nitrogens is 2. The third kappa shape index (κ3) is 4.07. The quantitative estimate of drug-likeness (QED) is 0.546. The standard InChI is InChI=1S/C25H32FN5O3/c1-3-14-12-16(32)4-5-17(14)18-6-7-19-22(21(18)26)29-30-23(19)24-27-13-20(28-24)15-8-10-31(11-9-15)25(33)34-2/h4-5,8,12-13,18-19,21-23,29-30,32H,3,6-7,9-11H2,1-2H3,(H,27,28). The molecule has 1 aromatic carbocycles. The van der Waals surface area contributed by atoms with E-state index in [-0.39, 0.29) is 35.8 Å². The minimum atomic E-state index is -1.04. The summed E-state index contributed by atoms with van der Waals surface area (Å²) in [6, 6.07) is 4.89. The summed E-state index contributed by atoms with van der Waals surface area (Å²) in [7, 11) is 1.39. The van der Waals surface area contributed by atoms with Gasteiger partial charge >= 0.3 is 6.09 Å². The van der Waals surface area contributed by atoms with Crippen LogP contribution in [0.15, 0.2) is 30.5 Å². The van der Waals surface area contributed by atoms with Gasteiger partial charge in [-0.2, -0.15) is 0 Å². The number of phenols is 1. The van der Waals surface area contributed by atoms with Crippen LogP contribution in [0.1, 0.15) is 60.8 Å². The number of methoxy groups -OCH3 is 1. The van der Waals surface area contributed by atoms with E-state index in [0.29, 0.717) is 13.1 Å². The first-order valence-corrected chi connectivity index (χ1v) is 12.0. The van der Waals surface area contributed by atoms with Gasteiger partial charge in [-0.1, -0.05) is 19.1 Å². The van der Waals surface area contributed by atoms with Gasteiger partial charge in [0.2, 0.25) is 0 Å². The number of phenolic OH excluding ortho intramolecular Hbond substituents is 1. The molecule has 1 saturated carbocycles. The van der Waals surface area contributed by atoms with Crippen LogP contribution in [0, 0.1) is 5.92 Å². The van der Waals surface area contributed by atoms with Gasteiger partial charge in [0.05, 0.1) is 31.1 Å². The van der Waals surface area contributed by atoms with Crippen molar-refractivity contribution in [1.82, 2.24) is 25.7 Å². The zero-order valence-electron chi connectivity index (χ0n) is 19.6.